The van der Waals surface area contributed by atoms with Gasteiger partial charge in [-0.1, -0.05) is 11.6 Å². The van der Waals surface area contributed by atoms with E-state index in [9.17, 15) is 27.6 Å². The van der Waals surface area contributed by atoms with Gasteiger partial charge >= 0.3 is 18.3 Å². The second-order valence-corrected chi connectivity index (χ2v) is 14.0. The van der Waals surface area contributed by atoms with E-state index < -0.39 is 41.4 Å². The molecular formula is C35H39ClF3N7O5. The van der Waals surface area contributed by atoms with Crippen LogP contribution in [0.5, 0.6) is 5.88 Å². The van der Waals surface area contributed by atoms with Gasteiger partial charge in [0.05, 0.1) is 40.8 Å². The van der Waals surface area contributed by atoms with Crippen LogP contribution in [0.3, 0.4) is 0 Å². The van der Waals surface area contributed by atoms with E-state index in [4.69, 9.17) is 26.1 Å². The highest BCUT2D eigenvalue weighted by molar-refractivity contribution is 6.30. The summed E-state index contributed by atoms with van der Waals surface area (Å²) in [6.07, 6.45) is -3.06. The Morgan fingerprint density at radius 1 is 1.02 bits per heavy atom. The second kappa shape index (κ2) is 14.1. The number of likely N-dealkylation sites (tertiary alicyclic amines) is 1. The number of amides is 4. The molecule has 16 heteroatoms. The monoisotopic (exact) mass is 729 g/mol. The molecule has 0 saturated carbocycles. The summed E-state index contributed by atoms with van der Waals surface area (Å²) < 4.78 is 53.2. The molecule has 3 aliphatic heterocycles. The first-order valence-corrected chi connectivity index (χ1v) is 17.1. The van der Waals surface area contributed by atoms with Gasteiger partial charge in [-0.2, -0.15) is 13.2 Å². The summed E-state index contributed by atoms with van der Waals surface area (Å²) in [6.45, 7) is 8.99. The van der Waals surface area contributed by atoms with E-state index in [1.807, 2.05) is 11.8 Å². The van der Waals surface area contributed by atoms with Gasteiger partial charge in [0.2, 0.25) is 5.88 Å². The molecule has 4 amide bonds. The maximum atomic E-state index is 14.1. The van der Waals surface area contributed by atoms with Crippen molar-refractivity contribution in [3.63, 3.8) is 0 Å². The Morgan fingerprint density at radius 3 is 2.51 bits per heavy atom. The van der Waals surface area contributed by atoms with Gasteiger partial charge in [-0.15, -0.1) is 0 Å². The van der Waals surface area contributed by atoms with Crippen LogP contribution in [0.25, 0.3) is 11.3 Å². The minimum atomic E-state index is -4.72. The summed E-state index contributed by atoms with van der Waals surface area (Å²) in [6, 6.07) is 9.06. The summed E-state index contributed by atoms with van der Waals surface area (Å²) >= 11 is 5.89. The number of pyridine rings is 2. The fourth-order valence-corrected chi connectivity index (χ4v) is 6.76. The number of nitrogens with one attached hydrogen (secondary N) is 1. The second-order valence-electron chi connectivity index (χ2n) is 13.6. The van der Waals surface area contributed by atoms with Crippen molar-refractivity contribution in [2.45, 2.75) is 58.0 Å². The fraction of sp³-hybridized carbons (Fsp3) is 0.457. The number of rotatable bonds is 7. The number of piperazine rings is 1. The van der Waals surface area contributed by atoms with Crippen LogP contribution in [0.1, 0.15) is 50.2 Å². The van der Waals surface area contributed by atoms with Gasteiger partial charge in [0.15, 0.2) is 5.69 Å². The number of carbonyl (C=O) groups excluding carboxylic acids is 3. The number of hydrogen-bond acceptors (Lipinski definition) is 8. The van der Waals surface area contributed by atoms with Crippen LogP contribution < -0.4 is 19.9 Å². The first-order valence-electron chi connectivity index (χ1n) is 16.7. The Morgan fingerprint density at radius 2 is 1.78 bits per heavy atom. The van der Waals surface area contributed by atoms with E-state index in [0.717, 1.165) is 11.0 Å². The maximum Gasteiger partial charge on any atom is 0.418 e. The number of carbonyl (C=O) groups is 3. The standard InChI is InChI=1S/C35H39ClF3N7O5/c1-5-50-31-24(7-6-13-40-31)26-9-11-28(29(42-26)30(47)41-22-12-14-44(18-22)33(49)51-34(2,3)4)43-15-16-45-23(19-43)20-46(32(45)48)27-10-8-21(36)17-25(27)35(37,38)39/h6-11,13,17,22-23H,5,12,14-16,18-20H2,1-4H3,(H,41,47)/t22?,23-/m0/s1. The molecular weight excluding hydrogens is 691 g/mol. The Balaban J connectivity index is 1.27. The lowest BCUT2D eigenvalue weighted by Crippen LogP contribution is -2.52. The highest BCUT2D eigenvalue weighted by Gasteiger charge is 2.45. The van der Waals surface area contributed by atoms with Crippen LogP contribution in [-0.2, 0) is 10.9 Å². The fourth-order valence-electron chi connectivity index (χ4n) is 6.58. The van der Waals surface area contributed by atoms with Crippen molar-refractivity contribution in [2.24, 2.45) is 0 Å². The highest BCUT2D eigenvalue weighted by Crippen LogP contribution is 2.41. The number of anilines is 2. The number of aromatic nitrogens is 2. The molecule has 0 spiro atoms. The lowest BCUT2D eigenvalue weighted by Gasteiger charge is -2.38. The van der Waals surface area contributed by atoms with Crippen molar-refractivity contribution >= 4 is 41.0 Å². The molecule has 6 rings (SSSR count). The van der Waals surface area contributed by atoms with Gasteiger partial charge in [-0.25, -0.2) is 19.6 Å². The van der Waals surface area contributed by atoms with Gasteiger partial charge in [-0.05, 0) is 76.6 Å². The summed E-state index contributed by atoms with van der Waals surface area (Å²) in [5.74, 6) is -0.110. The number of nitrogens with zero attached hydrogens (tertiary/aromatic N) is 6. The van der Waals surface area contributed by atoms with Crippen molar-refractivity contribution in [1.82, 2.24) is 25.1 Å². The third kappa shape index (κ3) is 7.77. The molecule has 2 atom stereocenters. The average molecular weight is 730 g/mol. The van der Waals surface area contributed by atoms with Gasteiger partial charge in [-0.3, -0.25) is 9.69 Å². The normalized spacial score (nSPS) is 19.3. The third-order valence-electron chi connectivity index (χ3n) is 8.84. The summed E-state index contributed by atoms with van der Waals surface area (Å²) in [5.41, 5.74) is -0.271. The van der Waals surface area contributed by atoms with Gasteiger partial charge in [0.25, 0.3) is 5.91 Å². The summed E-state index contributed by atoms with van der Waals surface area (Å²) in [4.78, 5) is 55.5. The number of halogens is 4. The van der Waals surface area contributed by atoms with Gasteiger partial charge in [0, 0.05) is 56.5 Å². The van der Waals surface area contributed by atoms with E-state index >= 15 is 0 Å². The largest absolute Gasteiger partial charge is 0.477 e. The van der Waals surface area contributed by atoms with Crippen LogP contribution in [0.15, 0.2) is 48.7 Å². The van der Waals surface area contributed by atoms with Crippen LogP contribution in [0.2, 0.25) is 5.02 Å². The van der Waals surface area contributed by atoms with Crippen LogP contribution in [-0.4, -0.2) is 101 Å². The topological polar surface area (TPSA) is 120 Å². The predicted molar refractivity (Wildman–Crippen MR) is 184 cm³/mol. The van der Waals surface area contributed by atoms with Crippen LogP contribution in [0.4, 0.5) is 34.1 Å². The van der Waals surface area contributed by atoms with E-state index in [1.165, 1.54) is 12.1 Å². The molecule has 0 bridgehead atoms. The molecule has 3 saturated heterocycles. The van der Waals surface area contributed by atoms with Crippen molar-refractivity contribution in [1.29, 1.82) is 0 Å². The van der Waals surface area contributed by atoms with Crippen molar-refractivity contribution < 1.29 is 37.0 Å². The maximum absolute atomic E-state index is 14.1. The number of alkyl halides is 3. The molecule has 272 valence electrons. The molecule has 2 aromatic heterocycles. The lowest BCUT2D eigenvalue weighted by atomic mass is 10.1. The number of urea groups is 1. The number of benzene rings is 1. The van der Waals surface area contributed by atoms with Crippen molar-refractivity contribution in [2.75, 3.05) is 55.7 Å². The number of hydrogen-bond donors (Lipinski definition) is 1. The van der Waals surface area contributed by atoms with Crippen LogP contribution >= 0.6 is 11.6 Å². The minimum absolute atomic E-state index is 0.00304. The average Bonchev–Trinajstić information content (AvgIpc) is 3.67. The minimum Gasteiger partial charge on any atom is -0.477 e. The molecule has 1 aromatic carbocycles. The van der Waals surface area contributed by atoms with E-state index in [0.29, 0.717) is 48.9 Å². The Kier molecular flexibility index (Phi) is 9.95. The van der Waals surface area contributed by atoms with E-state index in [1.54, 1.807) is 61.0 Å². The molecule has 5 heterocycles. The Bertz CT molecular complexity index is 1820. The molecule has 51 heavy (non-hydrogen) atoms. The molecule has 0 radical (unpaired) electrons. The lowest BCUT2D eigenvalue weighted by molar-refractivity contribution is -0.137. The number of ether oxygens (including phenoxy) is 2. The zero-order chi connectivity index (χ0) is 36.7. The van der Waals surface area contributed by atoms with E-state index in [-0.39, 0.29) is 48.6 Å². The van der Waals surface area contributed by atoms with E-state index in [2.05, 4.69) is 10.3 Å². The SMILES string of the molecule is CCOc1ncccc1-c1ccc(N2CCN3C(=O)N(c4ccc(Cl)cc4C(F)(F)F)C[C@@H]3C2)c(C(=O)NC2CCN(C(=O)OC(C)(C)C)C2)n1. The first kappa shape index (κ1) is 36.0. The molecule has 12 nitrogen and oxygen atoms in total. The summed E-state index contributed by atoms with van der Waals surface area (Å²) in [7, 11) is 0. The highest BCUT2D eigenvalue weighted by atomic mass is 35.5. The quantitative estimate of drug-likeness (QED) is 0.311. The summed E-state index contributed by atoms with van der Waals surface area (Å²) in [5, 5.41) is 2.95. The molecule has 3 aromatic rings. The third-order valence-corrected chi connectivity index (χ3v) is 9.08. The number of fused-ring (bicyclic) bond motifs is 1. The Hall–Kier alpha value is -4.79. The van der Waals surface area contributed by atoms with Crippen molar-refractivity contribution in [3.05, 3.63) is 64.9 Å². The Labute approximate surface area is 298 Å². The smallest absolute Gasteiger partial charge is 0.418 e. The van der Waals surface area contributed by atoms with Crippen molar-refractivity contribution in [3.8, 4) is 17.1 Å². The van der Waals surface area contributed by atoms with Gasteiger partial charge in [0.1, 0.15) is 5.60 Å². The van der Waals surface area contributed by atoms with Gasteiger partial charge < -0.3 is 29.5 Å². The predicted octanol–water partition coefficient (Wildman–Crippen LogP) is 6.08. The molecule has 3 fully saturated rings. The molecule has 1 unspecified atom stereocenters. The first-order chi connectivity index (χ1) is 24.1. The zero-order valence-electron chi connectivity index (χ0n) is 28.7. The molecule has 1 N–H and O–H groups in total. The van der Waals surface area contributed by atoms with Crippen LogP contribution in [0, 0.1) is 0 Å². The zero-order valence-corrected chi connectivity index (χ0v) is 29.4. The molecule has 3 aliphatic rings. The molecule has 0 aliphatic carbocycles.